The Morgan fingerprint density at radius 3 is 1.73 bits per heavy atom. The number of rotatable bonds is 7. The van der Waals surface area contributed by atoms with Crippen molar-refractivity contribution >= 4 is 25.9 Å². The summed E-state index contributed by atoms with van der Waals surface area (Å²) in [5, 5.41) is 0. The zero-order chi connectivity index (χ0) is 12.1. The third-order valence-electron chi connectivity index (χ3n) is 2.60. The fraction of sp³-hybridized carbons (Fsp3) is 1.00. The van der Waals surface area contributed by atoms with Gasteiger partial charge in [0.05, 0.1) is 0 Å². The molecule has 0 radical (unpaired) electrons. The van der Waals surface area contributed by atoms with Crippen LogP contribution < -0.4 is 0 Å². The van der Waals surface area contributed by atoms with E-state index < -0.39 is 25.9 Å². The second kappa shape index (κ2) is 6.31. The van der Waals surface area contributed by atoms with Crippen LogP contribution in [0.25, 0.3) is 0 Å². The largest absolute Gasteiger partial charge is 0.458 e. The molecule has 0 fully saturated rings. The Kier molecular flexibility index (Phi) is 6.53. The first-order valence-corrected chi connectivity index (χ1v) is 13.9. The van der Waals surface area contributed by atoms with Crippen LogP contribution in [0.15, 0.2) is 0 Å². The Bertz CT molecular complexity index is 181. The first-order chi connectivity index (χ1) is 6.74. The lowest BCUT2D eigenvalue weighted by Gasteiger charge is -2.30. The van der Waals surface area contributed by atoms with Crippen molar-refractivity contribution in [1.82, 2.24) is 0 Å². The van der Waals surface area contributed by atoms with E-state index in [-0.39, 0.29) is 0 Å². The molecule has 0 atom stereocenters. The lowest BCUT2D eigenvalue weighted by Crippen LogP contribution is -2.41. The molecule has 0 unspecified atom stereocenters. The van der Waals surface area contributed by atoms with Crippen LogP contribution in [0.2, 0.25) is 44.8 Å². The Hall–Kier alpha value is 0.531. The predicted molar refractivity (Wildman–Crippen MR) is 72.7 cm³/mol. The molecule has 15 heavy (non-hydrogen) atoms. The van der Waals surface area contributed by atoms with Crippen molar-refractivity contribution in [3.8, 4) is 0 Å². The zero-order valence-corrected chi connectivity index (χ0v) is 14.4. The highest BCUT2D eigenvalue weighted by Crippen LogP contribution is 2.22. The molecule has 0 aliphatic carbocycles. The second-order valence-corrected chi connectivity index (χ2v) is 15.6. The Balaban J connectivity index is 4.12. The minimum absolute atomic E-state index is 0.903. The SMILES string of the molecule is CO[Si](C)(CC[Si](C)(C)O[SiH](C)C)OC. The van der Waals surface area contributed by atoms with E-state index in [1.807, 2.05) is 0 Å². The summed E-state index contributed by atoms with van der Waals surface area (Å²) >= 11 is 0. The molecule has 0 N–H and O–H groups in total. The summed E-state index contributed by atoms with van der Waals surface area (Å²) in [6.07, 6.45) is 0. The summed E-state index contributed by atoms with van der Waals surface area (Å²) < 4.78 is 17.1. The minimum atomic E-state index is -1.89. The Labute approximate surface area is 98.2 Å². The molecule has 0 spiro atoms. The first kappa shape index (κ1) is 15.5. The van der Waals surface area contributed by atoms with Crippen LogP contribution in [0.1, 0.15) is 0 Å². The Morgan fingerprint density at radius 1 is 0.933 bits per heavy atom. The van der Waals surface area contributed by atoms with Crippen molar-refractivity contribution in [2.24, 2.45) is 0 Å². The van der Waals surface area contributed by atoms with Crippen molar-refractivity contribution in [2.75, 3.05) is 14.2 Å². The highest BCUT2D eigenvalue weighted by Gasteiger charge is 2.33. The molecular formula is C9H26O3Si3. The third-order valence-corrected chi connectivity index (χ3v) is 11.9. The van der Waals surface area contributed by atoms with Gasteiger partial charge >= 0.3 is 8.56 Å². The van der Waals surface area contributed by atoms with Crippen molar-refractivity contribution < 1.29 is 13.0 Å². The average molecular weight is 267 g/mol. The smallest absolute Gasteiger partial charge is 0.334 e. The number of hydrogen-bond donors (Lipinski definition) is 0. The third kappa shape index (κ3) is 6.64. The van der Waals surface area contributed by atoms with Crippen molar-refractivity contribution in [3.63, 3.8) is 0 Å². The van der Waals surface area contributed by atoms with Gasteiger partial charge in [-0.25, -0.2) is 0 Å². The maximum absolute atomic E-state index is 6.11. The van der Waals surface area contributed by atoms with E-state index in [0.717, 1.165) is 12.1 Å². The molecule has 0 saturated carbocycles. The van der Waals surface area contributed by atoms with E-state index >= 15 is 0 Å². The molecular weight excluding hydrogens is 240 g/mol. The van der Waals surface area contributed by atoms with Crippen LogP contribution in [0, 0.1) is 0 Å². The van der Waals surface area contributed by atoms with Gasteiger partial charge in [0.2, 0.25) is 0 Å². The van der Waals surface area contributed by atoms with Crippen molar-refractivity contribution in [1.29, 1.82) is 0 Å². The molecule has 0 saturated heterocycles. The summed E-state index contributed by atoms with van der Waals surface area (Å²) in [6.45, 7) is 11.2. The molecule has 0 aliphatic heterocycles. The van der Waals surface area contributed by atoms with Crippen LogP contribution in [-0.2, 0) is 13.0 Å². The van der Waals surface area contributed by atoms with Crippen LogP contribution in [0.3, 0.4) is 0 Å². The van der Waals surface area contributed by atoms with Crippen LogP contribution >= 0.6 is 0 Å². The van der Waals surface area contributed by atoms with E-state index in [1.54, 1.807) is 14.2 Å². The highest BCUT2D eigenvalue weighted by atomic mass is 28.4. The molecule has 0 aromatic rings. The lowest BCUT2D eigenvalue weighted by atomic mass is 10.9. The standard InChI is InChI=1S/C9H26O3Si3/c1-10-15(7,11-2)9-8-14(5,6)12-13(3)4/h13H,8-9H2,1-7H3. The summed E-state index contributed by atoms with van der Waals surface area (Å²) in [6, 6.07) is 2.18. The summed E-state index contributed by atoms with van der Waals surface area (Å²) in [7, 11) is -0.759. The van der Waals surface area contributed by atoms with E-state index in [9.17, 15) is 0 Å². The van der Waals surface area contributed by atoms with Gasteiger partial charge in [0.15, 0.2) is 17.4 Å². The van der Waals surface area contributed by atoms with Gasteiger partial charge in [-0.1, -0.05) is 0 Å². The molecule has 0 aromatic carbocycles. The molecule has 6 heteroatoms. The second-order valence-electron chi connectivity index (χ2n) is 4.97. The zero-order valence-electron chi connectivity index (χ0n) is 11.2. The molecule has 0 rings (SSSR count). The predicted octanol–water partition coefficient (Wildman–Crippen LogP) is 2.56. The van der Waals surface area contributed by atoms with Gasteiger partial charge in [0, 0.05) is 14.2 Å². The van der Waals surface area contributed by atoms with Crippen molar-refractivity contribution in [2.45, 2.75) is 44.8 Å². The van der Waals surface area contributed by atoms with Crippen LogP contribution in [-0.4, -0.2) is 40.1 Å². The normalized spacial score (nSPS) is 13.6. The average Bonchev–Trinajstić information content (AvgIpc) is 2.12. The highest BCUT2D eigenvalue weighted by molar-refractivity contribution is 6.79. The van der Waals surface area contributed by atoms with E-state index in [1.165, 1.54) is 0 Å². The van der Waals surface area contributed by atoms with Crippen molar-refractivity contribution in [3.05, 3.63) is 0 Å². The maximum atomic E-state index is 6.11. The fourth-order valence-electron chi connectivity index (χ4n) is 1.51. The van der Waals surface area contributed by atoms with Gasteiger partial charge in [0.1, 0.15) is 0 Å². The summed E-state index contributed by atoms with van der Waals surface area (Å²) in [5.41, 5.74) is 0. The maximum Gasteiger partial charge on any atom is 0.334 e. The number of hydrogen-bond acceptors (Lipinski definition) is 3. The minimum Gasteiger partial charge on any atom is -0.458 e. The summed E-state index contributed by atoms with van der Waals surface area (Å²) in [5.74, 6) is 0. The van der Waals surface area contributed by atoms with E-state index in [0.29, 0.717) is 0 Å². The molecule has 0 bridgehead atoms. The van der Waals surface area contributed by atoms with E-state index in [2.05, 4.69) is 32.7 Å². The lowest BCUT2D eigenvalue weighted by molar-refractivity contribution is 0.250. The first-order valence-electron chi connectivity index (χ1n) is 5.53. The molecule has 0 heterocycles. The molecule has 92 valence electrons. The molecule has 0 amide bonds. The van der Waals surface area contributed by atoms with Gasteiger partial charge in [-0.2, -0.15) is 0 Å². The Morgan fingerprint density at radius 2 is 1.40 bits per heavy atom. The van der Waals surface area contributed by atoms with Gasteiger partial charge in [0.25, 0.3) is 0 Å². The quantitative estimate of drug-likeness (QED) is 0.663. The van der Waals surface area contributed by atoms with Gasteiger partial charge in [-0.15, -0.1) is 0 Å². The molecule has 0 aromatic heterocycles. The van der Waals surface area contributed by atoms with Crippen LogP contribution in [0.4, 0.5) is 0 Å². The van der Waals surface area contributed by atoms with Gasteiger partial charge in [-0.3, -0.25) is 0 Å². The molecule has 0 aliphatic rings. The van der Waals surface area contributed by atoms with Gasteiger partial charge < -0.3 is 13.0 Å². The monoisotopic (exact) mass is 266 g/mol. The van der Waals surface area contributed by atoms with E-state index in [4.69, 9.17) is 13.0 Å². The fourth-order valence-corrected chi connectivity index (χ4v) is 11.9. The molecule has 3 nitrogen and oxygen atoms in total. The van der Waals surface area contributed by atoms with Gasteiger partial charge in [-0.05, 0) is 44.8 Å². The topological polar surface area (TPSA) is 27.7 Å². The summed E-state index contributed by atoms with van der Waals surface area (Å²) in [4.78, 5) is 0. The van der Waals surface area contributed by atoms with Crippen LogP contribution in [0.5, 0.6) is 0 Å².